The van der Waals surface area contributed by atoms with Gasteiger partial charge in [0, 0.05) is 20.3 Å². The number of benzene rings is 1. The minimum atomic E-state index is -0.0648. The lowest BCUT2D eigenvalue weighted by molar-refractivity contribution is 0.130. The Morgan fingerprint density at radius 3 is 2.90 bits per heavy atom. The second kappa shape index (κ2) is 7.26. The third-order valence-corrected chi connectivity index (χ3v) is 3.44. The van der Waals surface area contributed by atoms with E-state index in [4.69, 9.17) is 4.74 Å². The molecule has 5 heteroatoms. The van der Waals surface area contributed by atoms with Gasteiger partial charge in [0.25, 0.3) is 0 Å². The number of hydrogen-bond acceptors (Lipinski definition) is 3. The molecule has 20 heavy (non-hydrogen) atoms. The Morgan fingerprint density at radius 2 is 2.10 bits per heavy atom. The molecule has 0 unspecified atom stereocenters. The van der Waals surface area contributed by atoms with Gasteiger partial charge in [-0.1, -0.05) is 6.07 Å². The van der Waals surface area contributed by atoms with Gasteiger partial charge in [-0.2, -0.15) is 0 Å². The fourth-order valence-electron chi connectivity index (χ4n) is 2.26. The summed E-state index contributed by atoms with van der Waals surface area (Å²) in [5, 5.41) is 3.10. The topological polar surface area (TPSA) is 59.0 Å². The van der Waals surface area contributed by atoms with E-state index in [0.29, 0.717) is 0 Å². The van der Waals surface area contributed by atoms with Crippen molar-refractivity contribution in [3.05, 3.63) is 34.2 Å². The second-order valence-corrected chi connectivity index (χ2v) is 5.01. The fraction of sp³-hybridized carbons (Fsp3) is 0.533. The number of aromatic amines is 1. The van der Waals surface area contributed by atoms with Gasteiger partial charge in [-0.25, -0.2) is 4.79 Å². The first kappa shape index (κ1) is 14.8. The summed E-state index contributed by atoms with van der Waals surface area (Å²) in [5.41, 5.74) is 3.03. The van der Waals surface area contributed by atoms with Gasteiger partial charge in [-0.15, -0.1) is 0 Å². The zero-order chi connectivity index (χ0) is 14.4. The number of nitrogens with one attached hydrogen (secondary N) is 2. The van der Waals surface area contributed by atoms with E-state index in [2.05, 4.69) is 22.4 Å². The molecule has 2 rings (SSSR count). The first-order valence-electron chi connectivity index (χ1n) is 7.12. The average Bonchev–Trinajstić information content (AvgIpc) is 2.73. The second-order valence-electron chi connectivity index (χ2n) is 5.01. The van der Waals surface area contributed by atoms with Crippen LogP contribution in [0.2, 0.25) is 0 Å². The highest BCUT2D eigenvalue weighted by Crippen LogP contribution is 2.13. The maximum absolute atomic E-state index is 11.5. The Hall–Kier alpha value is -1.59. The molecule has 5 nitrogen and oxygen atoms in total. The molecule has 1 heterocycles. The van der Waals surface area contributed by atoms with E-state index in [1.165, 1.54) is 5.56 Å². The highest BCUT2D eigenvalue weighted by Gasteiger charge is 2.03. The van der Waals surface area contributed by atoms with Crippen molar-refractivity contribution in [1.82, 2.24) is 14.9 Å². The van der Waals surface area contributed by atoms with Crippen LogP contribution in [0.15, 0.2) is 23.0 Å². The van der Waals surface area contributed by atoms with E-state index in [9.17, 15) is 4.79 Å². The molecule has 0 bridgehead atoms. The van der Waals surface area contributed by atoms with E-state index in [-0.39, 0.29) is 5.69 Å². The van der Waals surface area contributed by atoms with E-state index in [0.717, 1.165) is 50.1 Å². The van der Waals surface area contributed by atoms with Gasteiger partial charge in [0.15, 0.2) is 0 Å². The van der Waals surface area contributed by atoms with E-state index in [1.807, 2.05) is 13.1 Å². The average molecular weight is 277 g/mol. The third kappa shape index (κ3) is 3.71. The normalized spacial score (nSPS) is 11.3. The van der Waals surface area contributed by atoms with Crippen LogP contribution in [0.3, 0.4) is 0 Å². The Labute approximate surface area is 118 Å². The van der Waals surface area contributed by atoms with E-state index in [1.54, 1.807) is 11.6 Å². The summed E-state index contributed by atoms with van der Waals surface area (Å²) < 4.78 is 7.22. The molecule has 0 saturated carbocycles. The third-order valence-electron chi connectivity index (χ3n) is 3.44. The van der Waals surface area contributed by atoms with Crippen LogP contribution in [0.1, 0.15) is 18.4 Å². The van der Waals surface area contributed by atoms with Crippen LogP contribution in [-0.2, 0) is 18.2 Å². The summed E-state index contributed by atoms with van der Waals surface area (Å²) >= 11 is 0. The minimum absolute atomic E-state index is 0.0648. The molecule has 110 valence electrons. The Bertz CT molecular complexity index is 601. The summed E-state index contributed by atoms with van der Waals surface area (Å²) in [6.07, 6.45) is 3.03. The Balaban J connectivity index is 1.81. The molecule has 0 amide bonds. The standard InChI is InChI=1S/C15H23N3O2/c1-16-8-4-10-20-9-3-5-12-6-7-13-14(11-12)18(2)15(19)17-13/h6-7,11,16H,3-5,8-10H2,1-2H3,(H,17,19). The molecule has 0 saturated heterocycles. The molecule has 0 radical (unpaired) electrons. The van der Waals surface area contributed by atoms with Gasteiger partial charge in [-0.05, 0) is 50.6 Å². The summed E-state index contributed by atoms with van der Waals surface area (Å²) in [7, 11) is 3.74. The molecule has 0 aliphatic heterocycles. The molecule has 0 aliphatic carbocycles. The van der Waals surface area contributed by atoms with Crippen LogP contribution < -0.4 is 11.0 Å². The highest BCUT2D eigenvalue weighted by molar-refractivity contribution is 5.75. The number of H-pyrrole nitrogens is 1. The zero-order valence-electron chi connectivity index (χ0n) is 12.2. The molecule has 2 aromatic rings. The molecule has 1 aromatic carbocycles. The van der Waals surface area contributed by atoms with Gasteiger partial charge in [0.2, 0.25) is 0 Å². The molecular weight excluding hydrogens is 254 g/mol. The largest absolute Gasteiger partial charge is 0.381 e. The summed E-state index contributed by atoms with van der Waals surface area (Å²) in [4.78, 5) is 14.3. The highest BCUT2D eigenvalue weighted by atomic mass is 16.5. The lowest BCUT2D eigenvalue weighted by Gasteiger charge is -2.05. The van der Waals surface area contributed by atoms with Crippen LogP contribution >= 0.6 is 0 Å². The molecule has 0 fully saturated rings. The molecule has 1 aromatic heterocycles. The number of aryl methyl sites for hydroxylation is 2. The molecule has 0 atom stereocenters. The molecular formula is C15H23N3O2. The number of hydrogen-bond donors (Lipinski definition) is 2. The van der Waals surface area contributed by atoms with Crippen molar-refractivity contribution in [1.29, 1.82) is 0 Å². The van der Waals surface area contributed by atoms with Crippen molar-refractivity contribution in [2.75, 3.05) is 26.8 Å². The van der Waals surface area contributed by atoms with Crippen LogP contribution in [-0.4, -0.2) is 36.4 Å². The van der Waals surface area contributed by atoms with Crippen molar-refractivity contribution in [2.45, 2.75) is 19.3 Å². The zero-order valence-corrected chi connectivity index (χ0v) is 12.2. The maximum atomic E-state index is 11.5. The van der Waals surface area contributed by atoms with Gasteiger partial charge >= 0.3 is 5.69 Å². The molecule has 0 spiro atoms. The van der Waals surface area contributed by atoms with Crippen LogP contribution in [0.25, 0.3) is 11.0 Å². The lowest BCUT2D eigenvalue weighted by atomic mass is 10.1. The van der Waals surface area contributed by atoms with Crippen molar-refractivity contribution in [3.8, 4) is 0 Å². The summed E-state index contributed by atoms with van der Waals surface area (Å²) in [6, 6.07) is 6.12. The predicted molar refractivity (Wildman–Crippen MR) is 81.2 cm³/mol. The summed E-state index contributed by atoms with van der Waals surface area (Å²) in [6.45, 7) is 2.60. The molecule has 2 N–H and O–H groups in total. The smallest absolute Gasteiger partial charge is 0.326 e. The number of aromatic nitrogens is 2. The lowest BCUT2D eigenvalue weighted by Crippen LogP contribution is -2.11. The van der Waals surface area contributed by atoms with Crippen molar-refractivity contribution in [2.24, 2.45) is 7.05 Å². The number of nitrogens with zero attached hydrogens (tertiary/aromatic N) is 1. The van der Waals surface area contributed by atoms with Gasteiger partial charge in [0.1, 0.15) is 0 Å². The Kier molecular flexibility index (Phi) is 5.38. The Morgan fingerprint density at radius 1 is 1.30 bits per heavy atom. The van der Waals surface area contributed by atoms with Crippen LogP contribution in [0.5, 0.6) is 0 Å². The van der Waals surface area contributed by atoms with Crippen molar-refractivity contribution >= 4 is 11.0 Å². The van der Waals surface area contributed by atoms with Crippen LogP contribution in [0, 0.1) is 0 Å². The van der Waals surface area contributed by atoms with Gasteiger partial charge < -0.3 is 15.0 Å². The van der Waals surface area contributed by atoms with E-state index >= 15 is 0 Å². The number of fused-ring (bicyclic) bond motifs is 1. The van der Waals surface area contributed by atoms with Gasteiger partial charge in [-0.3, -0.25) is 4.57 Å². The molecule has 0 aliphatic rings. The van der Waals surface area contributed by atoms with Gasteiger partial charge in [0.05, 0.1) is 11.0 Å². The van der Waals surface area contributed by atoms with Crippen molar-refractivity contribution < 1.29 is 4.74 Å². The summed E-state index contributed by atoms with van der Waals surface area (Å²) in [5.74, 6) is 0. The van der Waals surface area contributed by atoms with Crippen LogP contribution in [0.4, 0.5) is 0 Å². The SMILES string of the molecule is CNCCCOCCCc1ccc2[nH]c(=O)n(C)c2c1. The quantitative estimate of drug-likeness (QED) is 0.718. The first-order valence-corrected chi connectivity index (χ1v) is 7.12. The predicted octanol–water partition coefficient (Wildman–Crippen LogP) is 1.43. The maximum Gasteiger partial charge on any atom is 0.326 e. The monoisotopic (exact) mass is 277 g/mol. The minimum Gasteiger partial charge on any atom is -0.381 e. The number of rotatable bonds is 8. The van der Waals surface area contributed by atoms with E-state index < -0.39 is 0 Å². The number of imidazole rings is 1. The first-order chi connectivity index (χ1) is 9.72. The van der Waals surface area contributed by atoms with Crippen molar-refractivity contribution in [3.63, 3.8) is 0 Å². The fourth-order valence-corrected chi connectivity index (χ4v) is 2.26. The number of ether oxygens (including phenoxy) is 1.